The number of hydrogen-bond donors (Lipinski definition) is 2. The Bertz CT molecular complexity index is 407. The summed E-state index contributed by atoms with van der Waals surface area (Å²) in [6.45, 7) is 0. The maximum Gasteiger partial charge on any atom is 0.320 e. The number of carboxylic acids is 1. The number of ether oxygens (including phenoxy) is 3. The summed E-state index contributed by atoms with van der Waals surface area (Å²) >= 11 is 0. The SMILES string of the molecule is COc1cc(OC)c(CC(N)C(=O)O)c(OC)c1. The first-order valence-corrected chi connectivity index (χ1v) is 5.30. The third-order valence-electron chi connectivity index (χ3n) is 2.56. The predicted molar refractivity (Wildman–Crippen MR) is 65.4 cm³/mol. The molecule has 0 bridgehead atoms. The summed E-state index contributed by atoms with van der Waals surface area (Å²) < 4.78 is 15.5. The number of nitrogens with two attached hydrogens (primary N) is 1. The Labute approximate surface area is 105 Å². The molecule has 1 atom stereocenters. The zero-order valence-corrected chi connectivity index (χ0v) is 10.6. The Morgan fingerprint density at radius 2 is 1.72 bits per heavy atom. The highest BCUT2D eigenvalue weighted by Crippen LogP contribution is 2.34. The molecule has 1 aromatic rings. The lowest BCUT2D eigenvalue weighted by molar-refractivity contribution is -0.138. The standard InChI is InChI=1S/C12H17NO5/c1-16-7-4-10(17-2)8(11(5-7)18-3)6-9(13)12(14)15/h4-5,9H,6,13H2,1-3H3,(H,14,15). The van der Waals surface area contributed by atoms with Crippen molar-refractivity contribution in [2.75, 3.05) is 21.3 Å². The highest BCUT2D eigenvalue weighted by molar-refractivity contribution is 5.74. The second-order valence-corrected chi connectivity index (χ2v) is 3.66. The van der Waals surface area contributed by atoms with Gasteiger partial charge in [0.05, 0.1) is 21.3 Å². The van der Waals surface area contributed by atoms with Crippen LogP contribution in [-0.2, 0) is 11.2 Å². The lowest BCUT2D eigenvalue weighted by Gasteiger charge is -2.16. The van der Waals surface area contributed by atoms with E-state index in [-0.39, 0.29) is 6.42 Å². The maximum absolute atomic E-state index is 10.8. The van der Waals surface area contributed by atoms with Crippen LogP contribution in [0.2, 0.25) is 0 Å². The molecule has 0 aliphatic rings. The van der Waals surface area contributed by atoms with Gasteiger partial charge in [-0.1, -0.05) is 0 Å². The van der Waals surface area contributed by atoms with Crippen LogP contribution in [0.25, 0.3) is 0 Å². The van der Waals surface area contributed by atoms with E-state index >= 15 is 0 Å². The minimum absolute atomic E-state index is 0.117. The van der Waals surface area contributed by atoms with E-state index in [0.717, 1.165) is 0 Å². The van der Waals surface area contributed by atoms with E-state index in [9.17, 15) is 4.79 Å². The van der Waals surface area contributed by atoms with Gasteiger partial charge in [0.2, 0.25) is 0 Å². The van der Waals surface area contributed by atoms with Crippen molar-refractivity contribution in [2.24, 2.45) is 5.73 Å². The van der Waals surface area contributed by atoms with Crippen LogP contribution in [0, 0.1) is 0 Å². The van der Waals surface area contributed by atoms with Crippen molar-refractivity contribution in [3.05, 3.63) is 17.7 Å². The normalized spacial score (nSPS) is 11.8. The van der Waals surface area contributed by atoms with Crippen molar-refractivity contribution in [1.82, 2.24) is 0 Å². The van der Waals surface area contributed by atoms with Crippen LogP contribution in [-0.4, -0.2) is 38.4 Å². The quantitative estimate of drug-likeness (QED) is 0.776. The third-order valence-corrected chi connectivity index (χ3v) is 2.56. The summed E-state index contributed by atoms with van der Waals surface area (Å²) in [7, 11) is 4.50. The molecular formula is C12H17NO5. The second-order valence-electron chi connectivity index (χ2n) is 3.66. The van der Waals surface area contributed by atoms with Crippen molar-refractivity contribution in [1.29, 1.82) is 0 Å². The summed E-state index contributed by atoms with van der Waals surface area (Å²) in [6, 6.07) is 2.31. The highest BCUT2D eigenvalue weighted by Gasteiger charge is 2.19. The van der Waals surface area contributed by atoms with E-state index in [0.29, 0.717) is 22.8 Å². The highest BCUT2D eigenvalue weighted by atomic mass is 16.5. The minimum Gasteiger partial charge on any atom is -0.496 e. The molecule has 1 rings (SSSR count). The molecule has 1 aromatic carbocycles. The molecular weight excluding hydrogens is 238 g/mol. The van der Waals surface area contributed by atoms with Crippen molar-refractivity contribution in [3.8, 4) is 17.2 Å². The molecule has 6 nitrogen and oxygen atoms in total. The van der Waals surface area contributed by atoms with Crippen molar-refractivity contribution >= 4 is 5.97 Å². The first kappa shape index (κ1) is 14.1. The first-order chi connectivity index (χ1) is 8.53. The van der Waals surface area contributed by atoms with Crippen LogP contribution in [0.4, 0.5) is 0 Å². The Morgan fingerprint density at radius 3 is 2.06 bits per heavy atom. The number of carboxylic acid groups (broad SMARTS) is 1. The lowest BCUT2D eigenvalue weighted by atomic mass is 10.0. The maximum atomic E-state index is 10.8. The topological polar surface area (TPSA) is 91.0 Å². The minimum atomic E-state index is -1.07. The van der Waals surface area contributed by atoms with Gasteiger partial charge in [-0.05, 0) is 0 Å². The van der Waals surface area contributed by atoms with E-state index in [1.165, 1.54) is 21.3 Å². The van der Waals surface area contributed by atoms with Gasteiger partial charge < -0.3 is 25.1 Å². The van der Waals surface area contributed by atoms with Crippen LogP contribution in [0.1, 0.15) is 5.56 Å². The molecule has 0 aliphatic carbocycles. The summed E-state index contributed by atoms with van der Waals surface area (Å²) in [5, 5.41) is 8.84. The second kappa shape index (κ2) is 6.11. The smallest absolute Gasteiger partial charge is 0.320 e. The Morgan fingerprint density at radius 1 is 1.22 bits per heavy atom. The molecule has 1 unspecified atom stereocenters. The average molecular weight is 255 g/mol. The molecule has 0 amide bonds. The van der Waals surface area contributed by atoms with Crippen LogP contribution >= 0.6 is 0 Å². The molecule has 18 heavy (non-hydrogen) atoms. The summed E-state index contributed by atoms with van der Waals surface area (Å²) in [5.74, 6) is 0.470. The van der Waals surface area contributed by atoms with Gasteiger partial charge in [-0.3, -0.25) is 4.79 Å². The molecule has 0 heterocycles. The fourth-order valence-corrected chi connectivity index (χ4v) is 1.59. The number of methoxy groups -OCH3 is 3. The fourth-order valence-electron chi connectivity index (χ4n) is 1.59. The van der Waals surface area contributed by atoms with Crippen LogP contribution in [0.15, 0.2) is 12.1 Å². The summed E-state index contributed by atoms with van der Waals surface area (Å²) in [4.78, 5) is 10.8. The van der Waals surface area contributed by atoms with Gasteiger partial charge in [0.1, 0.15) is 23.3 Å². The molecule has 0 radical (unpaired) electrons. The van der Waals surface area contributed by atoms with Crippen molar-refractivity contribution < 1.29 is 24.1 Å². The van der Waals surface area contributed by atoms with Crippen LogP contribution in [0.3, 0.4) is 0 Å². The zero-order chi connectivity index (χ0) is 13.7. The van der Waals surface area contributed by atoms with E-state index < -0.39 is 12.0 Å². The summed E-state index contributed by atoms with van der Waals surface area (Å²) in [6.07, 6.45) is 0.117. The van der Waals surface area contributed by atoms with Gasteiger partial charge in [0.25, 0.3) is 0 Å². The summed E-state index contributed by atoms with van der Waals surface area (Å²) in [5.41, 5.74) is 6.13. The van der Waals surface area contributed by atoms with E-state index in [1.54, 1.807) is 12.1 Å². The van der Waals surface area contributed by atoms with E-state index in [1.807, 2.05) is 0 Å². The van der Waals surface area contributed by atoms with Crippen molar-refractivity contribution in [3.63, 3.8) is 0 Å². The molecule has 0 fully saturated rings. The number of carbonyl (C=O) groups is 1. The predicted octanol–water partition coefficient (Wildman–Crippen LogP) is 0.667. The zero-order valence-electron chi connectivity index (χ0n) is 10.6. The Hall–Kier alpha value is -1.95. The number of rotatable bonds is 6. The van der Waals surface area contributed by atoms with Crippen LogP contribution in [0.5, 0.6) is 17.2 Å². The van der Waals surface area contributed by atoms with E-state index in [2.05, 4.69) is 0 Å². The average Bonchev–Trinajstić information content (AvgIpc) is 2.38. The van der Waals surface area contributed by atoms with Gasteiger partial charge >= 0.3 is 5.97 Å². The lowest BCUT2D eigenvalue weighted by Crippen LogP contribution is -2.32. The van der Waals surface area contributed by atoms with Gasteiger partial charge in [-0.15, -0.1) is 0 Å². The largest absolute Gasteiger partial charge is 0.496 e. The molecule has 0 spiro atoms. The number of hydrogen-bond acceptors (Lipinski definition) is 5. The Balaban J connectivity index is 3.18. The molecule has 6 heteroatoms. The molecule has 3 N–H and O–H groups in total. The number of benzene rings is 1. The Kier molecular flexibility index (Phi) is 4.79. The van der Waals surface area contributed by atoms with Gasteiger partial charge in [-0.25, -0.2) is 0 Å². The molecule has 100 valence electrons. The fraction of sp³-hybridized carbons (Fsp3) is 0.417. The monoisotopic (exact) mass is 255 g/mol. The van der Waals surface area contributed by atoms with Gasteiger partial charge in [-0.2, -0.15) is 0 Å². The van der Waals surface area contributed by atoms with E-state index in [4.69, 9.17) is 25.1 Å². The van der Waals surface area contributed by atoms with Crippen molar-refractivity contribution in [2.45, 2.75) is 12.5 Å². The molecule has 0 saturated heterocycles. The third kappa shape index (κ3) is 3.04. The molecule has 0 saturated carbocycles. The molecule has 0 aliphatic heterocycles. The van der Waals surface area contributed by atoms with Gasteiger partial charge in [0, 0.05) is 24.1 Å². The van der Waals surface area contributed by atoms with Gasteiger partial charge in [0.15, 0.2) is 0 Å². The number of aliphatic carboxylic acids is 1. The van der Waals surface area contributed by atoms with Crippen LogP contribution < -0.4 is 19.9 Å². The molecule has 0 aromatic heterocycles. The first-order valence-electron chi connectivity index (χ1n) is 5.30.